The van der Waals surface area contributed by atoms with E-state index < -0.39 is 17.4 Å². The van der Waals surface area contributed by atoms with Gasteiger partial charge in [-0.05, 0) is 31.0 Å². The second kappa shape index (κ2) is 6.95. The molecular weight excluding hydrogens is 303 g/mol. The number of carbonyl (C=O) groups is 2. The number of halogens is 1. The third kappa shape index (κ3) is 3.98. The van der Waals surface area contributed by atoms with Crippen molar-refractivity contribution >= 4 is 12.0 Å². The van der Waals surface area contributed by atoms with Gasteiger partial charge in [-0.3, -0.25) is 4.79 Å². The van der Waals surface area contributed by atoms with Crippen molar-refractivity contribution in [2.45, 2.75) is 19.4 Å². The predicted octanol–water partition coefficient (Wildman–Crippen LogP) is 2.02. The molecule has 1 fully saturated rings. The normalized spacial score (nSPS) is 22.0. The van der Waals surface area contributed by atoms with Crippen LogP contribution >= 0.6 is 0 Å². The zero-order chi connectivity index (χ0) is 17.0. The van der Waals surface area contributed by atoms with Crippen LogP contribution in [-0.2, 0) is 9.53 Å². The number of nitrogens with one attached hydrogen (secondary N) is 1. The standard InChI is InChI=1S/C16H21FN2O4/c1-16(14(20)21)7-8-19(10-16)15(22)18-13(9-23-2)11-3-5-12(17)6-4-11/h3-6,13H,7-10H2,1-2H3,(H,18,22)(H,20,21). The number of aliphatic carboxylic acids is 1. The topological polar surface area (TPSA) is 78.9 Å². The summed E-state index contributed by atoms with van der Waals surface area (Å²) in [6.45, 7) is 2.42. The molecule has 1 aromatic carbocycles. The molecule has 1 aromatic rings. The summed E-state index contributed by atoms with van der Waals surface area (Å²) in [5.74, 6) is -1.26. The van der Waals surface area contributed by atoms with Gasteiger partial charge in [-0.1, -0.05) is 12.1 Å². The van der Waals surface area contributed by atoms with E-state index in [1.54, 1.807) is 19.1 Å². The largest absolute Gasteiger partial charge is 0.481 e. The van der Waals surface area contributed by atoms with Crippen LogP contribution in [0.4, 0.5) is 9.18 Å². The summed E-state index contributed by atoms with van der Waals surface area (Å²) in [5.41, 5.74) is -0.189. The third-order valence-electron chi connectivity index (χ3n) is 4.18. The van der Waals surface area contributed by atoms with Gasteiger partial charge in [-0.2, -0.15) is 0 Å². The maximum absolute atomic E-state index is 13.0. The van der Waals surface area contributed by atoms with E-state index in [1.807, 2.05) is 0 Å². The van der Waals surface area contributed by atoms with Crippen molar-refractivity contribution in [3.63, 3.8) is 0 Å². The number of benzene rings is 1. The molecule has 23 heavy (non-hydrogen) atoms. The lowest BCUT2D eigenvalue weighted by Gasteiger charge is -2.24. The minimum absolute atomic E-state index is 0.164. The molecule has 1 aliphatic rings. The molecule has 0 radical (unpaired) electrons. The van der Waals surface area contributed by atoms with Crippen molar-refractivity contribution in [1.29, 1.82) is 0 Å². The Kier molecular flexibility index (Phi) is 5.20. The van der Waals surface area contributed by atoms with Crippen molar-refractivity contribution in [2.24, 2.45) is 5.41 Å². The summed E-state index contributed by atoms with van der Waals surface area (Å²) in [6.07, 6.45) is 0.418. The lowest BCUT2D eigenvalue weighted by molar-refractivity contribution is -0.147. The monoisotopic (exact) mass is 324 g/mol. The molecule has 7 heteroatoms. The van der Waals surface area contributed by atoms with E-state index in [-0.39, 0.29) is 25.0 Å². The molecule has 0 aliphatic carbocycles. The van der Waals surface area contributed by atoms with Crippen molar-refractivity contribution in [3.8, 4) is 0 Å². The summed E-state index contributed by atoms with van der Waals surface area (Å²) in [5, 5.41) is 12.0. The van der Waals surface area contributed by atoms with Crippen LogP contribution in [0.1, 0.15) is 24.9 Å². The van der Waals surface area contributed by atoms with Gasteiger partial charge in [0.15, 0.2) is 0 Å². The lowest BCUT2D eigenvalue weighted by atomic mass is 9.90. The molecule has 2 unspecified atom stereocenters. The molecule has 6 nitrogen and oxygen atoms in total. The van der Waals surface area contributed by atoms with E-state index >= 15 is 0 Å². The van der Waals surface area contributed by atoms with Gasteiger partial charge in [0.2, 0.25) is 0 Å². The van der Waals surface area contributed by atoms with Crippen molar-refractivity contribution in [3.05, 3.63) is 35.6 Å². The van der Waals surface area contributed by atoms with E-state index in [2.05, 4.69) is 5.32 Å². The van der Waals surface area contributed by atoms with Crippen LogP contribution in [0.5, 0.6) is 0 Å². The van der Waals surface area contributed by atoms with Crippen LogP contribution < -0.4 is 5.32 Å². The van der Waals surface area contributed by atoms with Gasteiger partial charge in [0.25, 0.3) is 0 Å². The van der Waals surface area contributed by atoms with Gasteiger partial charge >= 0.3 is 12.0 Å². The summed E-state index contributed by atoms with van der Waals surface area (Å²) < 4.78 is 18.1. The van der Waals surface area contributed by atoms with E-state index in [0.717, 1.165) is 5.56 Å². The molecule has 126 valence electrons. The SMILES string of the molecule is COCC(NC(=O)N1CCC(C)(C(=O)O)C1)c1ccc(F)cc1. The average Bonchev–Trinajstić information content (AvgIpc) is 2.92. The molecule has 0 saturated carbocycles. The first-order chi connectivity index (χ1) is 10.9. The van der Waals surface area contributed by atoms with Crippen LogP contribution in [-0.4, -0.2) is 48.8 Å². The maximum Gasteiger partial charge on any atom is 0.317 e. The second-order valence-corrected chi connectivity index (χ2v) is 6.05. The molecule has 0 aromatic heterocycles. The van der Waals surface area contributed by atoms with E-state index in [1.165, 1.54) is 24.1 Å². The number of likely N-dealkylation sites (tertiary alicyclic amines) is 1. The van der Waals surface area contributed by atoms with Crippen LogP contribution in [0.3, 0.4) is 0 Å². The molecule has 2 N–H and O–H groups in total. The molecule has 1 saturated heterocycles. The summed E-state index contributed by atoms with van der Waals surface area (Å²) in [6, 6.07) is 5.05. The number of hydrogen-bond acceptors (Lipinski definition) is 3. The van der Waals surface area contributed by atoms with Gasteiger partial charge in [-0.25, -0.2) is 9.18 Å². The van der Waals surface area contributed by atoms with E-state index in [9.17, 15) is 19.1 Å². The molecule has 0 bridgehead atoms. The number of methoxy groups -OCH3 is 1. The molecule has 1 aliphatic heterocycles. The Bertz CT molecular complexity index is 578. The van der Waals surface area contributed by atoms with Gasteiger partial charge in [-0.15, -0.1) is 0 Å². The fourth-order valence-corrected chi connectivity index (χ4v) is 2.63. The number of carbonyl (C=O) groups excluding carboxylic acids is 1. The van der Waals surface area contributed by atoms with Crippen molar-refractivity contribution < 1.29 is 23.8 Å². The lowest BCUT2D eigenvalue weighted by Crippen LogP contribution is -2.43. The smallest absolute Gasteiger partial charge is 0.317 e. The Morgan fingerprint density at radius 2 is 2.09 bits per heavy atom. The Hall–Kier alpha value is -2.15. The number of hydrogen-bond donors (Lipinski definition) is 2. The number of urea groups is 1. The Morgan fingerprint density at radius 1 is 1.43 bits per heavy atom. The number of rotatable bonds is 5. The Morgan fingerprint density at radius 3 is 2.61 bits per heavy atom. The molecule has 2 atom stereocenters. The van der Waals surface area contributed by atoms with Gasteiger partial charge in [0, 0.05) is 20.2 Å². The Balaban J connectivity index is 2.04. The van der Waals surface area contributed by atoms with Crippen LogP contribution in [0.2, 0.25) is 0 Å². The highest BCUT2D eigenvalue weighted by atomic mass is 19.1. The number of carboxylic acids is 1. The second-order valence-electron chi connectivity index (χ2n) is 6.05. The van der Waals surface area contributed by atoms with Crippen molar-refractivity contribution in [1.82, 2.24) is 10.2 Å². The summed E-state index contributed by atoms with van der Waals surface area (Å²) >= 11 is 0. The molecule has 1 heterocycles. The average molecular weight is 324 g/mol. The predicted molar refractivity (Wildman–Crippen MR) is 81.5 cm³/mol. The van der Waals surface area contributed by atoms with Crippen LogP contribution in [0, 0.1) is 11.2 Å². The fraction of sp³-hybridized carbons (Fsp3) is 0.500. The Labute approximate surface area is 134 Å². The summed E-state index contributed by atoms with van der Waals surface area (Å²) in [4.78, 5) is 25.1. The quantitative estimate of drug-likeness (QED) is 0.868. The highest BCUT2D eigenvalue weighted by molar-refractivity contribution is 5.79. The van der Waals surface area contributed by atoms with Crippen LogP contribution in [0.25, 0.3) is 0 Å². The van der Waals surface area contributed by atoms with E-state index in [4.69, 9.17) is 4.74 Å². The highest BCUT2D eigenvalue weighted by Crippen LogP contribution is 2.30. The van der Waals surface area contributed by atoms with Gasteiger partial charge < -0.3 is 20.1 Å². The minimum Gasteiger partial charge on any atom is -0.481 e. The zero-order valence-electron chi connectivity index (χ0n) is 13.2. The minimum atomic E-state index is -0.913. The number of nitrogens with zero attached hydrogens (tertiary/aromatic N) is 1. The maximum atomic E-state index is 13.0. The van der Waals surface area contributed by atoms with Crippen LogP contribution in [0.15, 0.2) is 24.3 Å². The molecule has 2 amide bonds. The van der Waals surface area contributed by atoms with Gasteiger partial charge in [0.05, 0.1) is 18.1 Å². The first kappa shape index (κ1) is 17.2. The molecular formula is C16H21FN2O4. The first-order valence-corrected chi connectivity index (χ1v) is 7.39. The molecule has 2 rings (SSSR count). The highest BCUT2D eigenvalue weighted by Gasteiger charge is 2.42. The van der Waals surface area contributed by atoms with Crippen molar-refractivity contribution in [2.75, 3.05) is 26.8 Å². The van der Waals surface area contributed by atoms with Gasteiger partial charge in [0.1, 0.15) is 5.82 Å². The first-order valence-electron chi connectivity index (χ1n) is 7.39. The number of ether oxygens (including phenoxy) is 1. The molecule has 0 spiro atoms. The third-order valence-corrected chi connectivity index (χ3v) is 4.18. The fourth-order valence-electron chi connectivity index (χ4n) is 2.63. The summed E-state index contributed by atoms with van der Waals surface area (Å²) in [7, 11) is 1.51. The number of amides is 2. The zero-order valence-corrected chi connectivity index (χ0v) is 13.2. The van der Waals surface area contributed by atoms with E-state index in [0.29, 0.717) is 13.0 Å². The number of carboxylic acid groups (broad SMARTS) is 1.